The first-order valence-corrected chi connectivity index (χ1v) is 7.64. The van der Waals surface area contributed by atoms with Crippen LogP contribution in [0, 0.1) is 0 Å². The second-order valence-corrected chi connectivity index (χ2v) is 5.85. The number of aromatic nitrogens is 3. The van der Waals surface area contributed by atoms with Crippen LogP contribution in [0.5, 0.6) is 0 Å². The molecule has 0 unspecified atom stereocenters. The zero-order chi connectivity index (χ0) is 14.9. The van der Waals surface area contributed by atoms with Gasteiger partial charge in [-0.2, -0.15) is 0 Å². The molecule has 0 radical (unpaired) electrons. The summed E-state index contributed by atoms with van der Waals surface area (Å²) in [5, 5.41) is 10.0. The summed E-state index contributed by atoms with van der Waals surface area (Å²) in [6.45, 7) is 4.18. The first-order chi connectivity index (χ1) is 10.8. The summed E-state index contributed by atoms with van der Waals surface area (Å²) in [7, 11) is 2.16. The maximum Gasteiger partial charge on any atom is 0.151 e. The van der Waals surface area contributed by atoms with Gasteiger partial charge in [-0.15, -0.1) is 10.2 Å². The molecule has 5 nitrogen and oxygen atoms in total. The average molecular weight is 293 g/mol. The fourth-order valence-electron chi connectivity index (χ4n) is 2.90. The standard InChI is InChI=1S/C17H19N5/c1-21-8-10-22(11-9-21)17-5-4-16(19-20-17)13-2-3-15-14(12-13)6-7-18-15/h2-7,12,18H,8-11H2,1H3. The van der Waals surface area contributed by atoms with Crippen molar-refractivity contribution in [1.29, 1.82) is 0 Å². The molecule has 0 bridgehead atoms. The molecule has 3 heterocycles. The number of fused-ring (bicyclic) bond motifs is 1. The Balaban J connectivity index is 1.58. The van der Waals surface area contributed by atoms with Crippen LogP contribution in [0.15, 0.2) is 42.6 Å². The Bertz CT molecular complexity index is 769. The smallest absolute Gasteiger partial charge is 0.151 e. The zero-order valence-electron chi connectivity index (χ0n) is 12.7. The average Bonchev–Trinajstić information content (AvgIpc) is 3.03. The fourth-order valence-corrected chi connectivity index (χ4v) is 2.90. The molecule has 4 rings (SSSR count). The lowest BCUT2D eigenvalue weighted by molar-refractivity contribution is 0.312. The van der Waals surface area contributed by atoms with Gasteiger partial charge in [-0.3, -0.25) is 0 Å². The van der Waals surface area contributed by atoms with Gasteiger partial charge in [0.2, 0.25) is 0 Å². The van der Waals surface area contributed by atoms with E-state index in [0.717, 1.165) is 48.8 Å². The number of aromatic amines is 1. The SMILES string of the molecule is CN1CCN(c2ccc(-c3ccc4[nH]ccc4c3)nn2)CC1. The third-order valence-electron chi connectivity index (χ3n) is 4.33. The number of hydrogen-bond acceptors (Lipinski definition) is 4. The molecule has 1 fully saturated rings. The van der Waals surface area contributed by atoms with E-state index in [1.807, 2.05) is 6.20 Å². The monoisotopic (exact) mass is 293 g/mol. The molecular formula is C17H19N5. The van der Waals surface area contributed by atoms with E-state index in [-0.39, 0.29) is 0 Å². The Morgan fingerprint density at radius 2 is 1.82 bits per heavy atom. The van der Waals surface area contributed by atoms with Crippen LogP contribution >= 0.6 is 0 Å². The minimum Gasteiger partial charge on any atom is -0.361 e. The van der Waals surface area contributed by atoms with E-state index in [1.54, 1.807) is 0 Å². The van der Waals surface area contributed by atoms with Crippen LogP contribution in [0.3, 0.4) is 0 Å². The maximum atomic E-state index is 4.42. The molecular weight excluding hydrogens is 274 g/mol. The van der Waals surface area contributed by atoms with E-state index in [1.165, 1.54) is 5.39 Å². The number of likely N-dealkylation sites (N-methyl/N-ethyl adjacent to an activating group) is 1. The lowest BCUT2D eigenvalue weighted by Gasteiger charge is -2.32. The van der Waals surface area contributed by atoms with E-state index in [9.17, 15) is 0 Å². The molecule has 5 heteroatoms. The quantitative estimate of drug-likeness (QED) is 0.788. The molecule has 2 aromatic heterocycles. The van der Waals surface area contributed by atoms with Crippen LogP contribution in [0.4, 0.5) is 5.82 Å². The van der Waals surface area contributed by atoms with Gasteiger partial charge in [0, 0.05) is 48.8 Å². The van der Waals surface area contributed by atoms with Crippen LogP contribution in [0.1, 0.15) is 0 Å². The van der Waals surface area contributed by atoms with Gasteiger partial charge in [0.05, 0.1) is 5.69 Å². The Morgan fingerprint density at radius 3 is 2.59 bits per heavy atom. The summed E-state index contributed by atoms with van der Waals surface area (Å²) >= 11 is 0. The molecule has 0 spiro atoms. The molecule has 1 aliphatic heterocycles. The molecule has 0 atom stereocenters. The van der Waals surface area contributed by atoms with Crippen molar-refractivity contribution in [1.82, 2.24) is 20.1 Å². The molecule has 112 valence electrons. The summed E-state index contributed by atoms with van der Waals surface area (Å²) in [5.74, 6) is 0.972. The maximum absolute atomic E-state index is 4.42. The van der Waals surface area contributed by atoms with E-state index in [2.05, 4.69) is 68.4 Å². The van der Waals surface area contributed by atoms with Gasteiger partial charge in [-0.25, -0.2) is 0 Å². The van der Waals surface area contributed by atoms with Gasteiger partial charge in [-0.1, -0.05) is 6.07 Å². The van der Waals surface area contributed by atoms with Crippen LogP contribution in [-0.2, 0) is 0 Å². The number of H-pyrrole nitrogens is 1. The van der Waals surface area contributed by atoms with Crippen molar-refractivity contribution in [2.24, 2.45) is 0 Å². The van der Waals surface area contributed by atoms with Crippen molar-refractivity contribution < 1.29 is 0 Å². The number of rotatable bonds is 2. The topological polar surface area (TPSA) is 48.0 Å². The molecule has 22 heavy (non-hydrogen) atoms. The van der Waals surface area contributed by atoms with Crippen molar-refractivity contribution in [3.63, 3.8) is 0 Å². The molecule has 0 saturated carbocycles. The number of piperazine rings is 1. The fraction of sp³-hybridized carbons (Fsp3) is 0.294. The highest BCUT2D eigenvalue weighted by atomic mass is 15.3. The number of anilines is 1. The Labute approximate surface area is 129 Å². The summed E-state index contributed by atoms with van der Waals surface area (Å²) in [5.41, 5.74) is 3.16. The second kappa shape index (κ2) is 5.42. The van der Waals surface area contributed by atoms with Crippen LogP contribution < -0.4 is 4.90 Å². The highest BCUT2D eigenvalue weighted by Crippen LogP contribution is 2.23. The minimum absolute atomic E-state index is 0.918. The predicted octanol–water partition coefficient (Wildman–Crippen LogP) is 2.38. The Hall–Kier alpha value is -2.40. The number of benzene rings is 1. The first-order valence-electron chi connectivity index (χ1n) is 7.64. The molecule has 1 aromatic carbocycles. The molecule has 0 aliphatic carbocycles. The molecule has 1 N–H and O–H groups in total. The van der Waals surface area contributed by atoms with Crippen molar-refractivity contribution >= 4 is 16.7 Å². The summed E-state index contributed by atoms with van der Waals surface area (Å²) in [6, 6.07) is 12.5. The zero-order valence-corrected chi connectivity index (χ0v) is 12.7. The molecule has 3 aromatic rings. The summed E-state index contributed by atoms with van der Waals surface area (Å²) < 4.78 is 0. The second-order valence-electron chi connectivity index (χ2n) is 5.85. The summed E-state index contributed by atoms with van der Waals surface area (Å²) in [4.78, 5) is 7.84. The lowest BCUT2D eigenvalue weighted by atomic mass is 10.1. The van der Waals surface area contributed by atoms with E-state index in [0.29, 0.717) is 0 Å². The highest BCUT2D eigenvalue weighted by Gasteiger charge is 2.15. The molecule has 0 amide bonds. The van der Waals surface area contributed by atoms with Crippen LogP contribution in [0.2, 0.25) is 0 Å². The number of nitrogens with zero attached hydrogens (tertiary/aromatic N) is 4. The van der Waals surface area contributed by atoms with Crippen LogP contribution in [0.25, 0.3) is 22.2 Å². The Morgan fingerprint density at radius 1 is 0.955 bits per heavy atom. The normalized spacial score (nSPS) is 16.3. The van der Waals surface area contributed by atoms with Crippen molar-refractivity contribution in [2.45, 2.75) is 0 Å². The predicted molar refractivity (Wildman–Crippen MR) is 89.0 cm³/mol. The third kappa shape index (κ3) is 2.44. The van der Waals surface area contributed by atoms with Gasteiger partial charge in [0.15, 0.2) is 5.82 Å². The number of nitrogens with one attached hydrogen (secondary N) is 1. The van der Waals surface area contributed by atoms with Gasteiger partial charge in [0.25, 0.3) is 0 Å². The largest absolute Gasteiger partial charge is 0.361 e. The van der Waals surface area contributed by atoms with E-state index in [4.69, 9.17) is 0 Å². The highest BCUT2D eigenvalue weighted by molar-refractivity contribution is 5.84. The third-order valence-corrected chi connectivity index (χ3v) is 4.33. The Kier molecular flexibility index (Phi) is 3.27. The van der Waals surface area contributed by atoms with E-state index >= 15 is 0 Å². The van der Waals surface area contributed by atoms with Crippen molar-refractivity contribution in [2.75, 3.05) is 38.1 Å². The van der Waals surface area contributed by atoms with Gasteiger partial charge >= 0.3 is 0 Å². The lowest BCUT2D eigenvalue weighted by Crippen LogP contribution is -2.44. The van der Waals surface area contributed by atoms with Gasteiger partial charge in [0.1, 0.15) is 0 Å². The minimum atomic E-state index is 0.918. The van der Waals surface area contributed by atoms with E-state index < -0.39 is 0 Å². The molecule has 1 aliphatic rings. The van der Waals surface area contributed by atoms with Crippen LogP contribution in [-0.4, -0.2) is 53.3 Å². The first kappa shape index (κ1) is 13.3. The number of hydrogen-bond donors (Lipinski definition) is 1. The van der Waals surface area contributed by atoms with Crippen molar-refractivity contribution in [3.8, 4) is 11.3 Å². The summed E-state index contributed by atoms with van der Waals surface area (Å²) in [6.07, 6.45) is 1.95. The van der Waals surface area contributed by atoms with Crippen molar-refractivity contribution in [3.05, 3.63) is 42.6 Å². The molecule has 1 saturated heterocycles. The van der Waals surface area contributed by atoms with Gasteiger partial charge < -0.3 is 14.8 Å². The van der Waals surface area contributed by atoms with Gasteiger partial charge in [-0.05, 0) is 37.4 Å².